The number of hydrogen-bond acceptors (Lipinski definition) is 4. The van der Waals surface area contributed by atoms with Crippen LogP contribution in [0.3, 0.4) is 0 Å². The zero-order valence-electron chi connectivity index (χ0n) is 12.6. The second kappa shape index (κ2) is 6.41. The first-order valence-electron chi connectivity index (χ1n) is 7.37. The van der Waals surface area contributed by atoms with Crippen LogP contribution in [0.2, 0.25) is 0 Å². The van der Waals surface area contributed by atoms with E-state index in [0.29, 0.717) is 18.8 Å². The SMILES string of the molecule is O=C1NCCN1CCS(=O)(=O)Cc1ccn(-c2ccccc2)n1. The van der Waals surface area contributed by atoms with Crippen molar-refractivity contribution in [3.8, 4) is 5.69 Å². The third kappa shape index (κ3) is 3.89. The molecule has 2 aromatic rings. The van der Waals surface area contributed by atoms with E-state index in [0.717, 1.165) is 5.69 Å². The summed E-state index contributed by atoms with van der Waals surface area (Å²) in [6.07, 6.45) is 1.74. The van der Waals surface area contributed by atoms with Crippen molar-refractivity contribution in [3.05, 3.63) is 48.3 Å². The highest BCUT2D eigenvalue weighted by atomic mass is 32.2. The Bertz CT molecular complexity index is 786. The largest absolute Gasteiger partial charge is 0.336 e. The Morgan fingerprint density at radius 3 is 2.65 bits per heavy atom. The fraction of sp³-hybridized carbons (Fsp3) is 0.333. The zero-order chi connectivity index (χ0) is 16.3. The molecule has 3 rings (SSSR count). The molecule has 1 aliphatic heterocycles. The maximum Gasteiger partial charge on any atom is 0.317 e. The maximum absolute atomic E-state index is 12.2. The third-order valence-electron chi connectivity index (χ3n) is 3.65. The van der Waals surface area contributed by atoms with E-state index in [-0.39, 0.29) is 24.1 Å². The normalized spacial score (nSPS) is 15.0. The van der Waals surface area contributed by atoms with Crippen LogP contribution in [0.5, 0.6) is 0 Å². The van der Waals surface area contributed by atoms with Crippen LogP contribution in [-0.4, -0.2) is 54.5 Å². The molecule has 1 fully saturated rings. The van der Waals surface area contributed by atoms with Crippen molar-refractivity contribution >= 4 is 15.9 Å². The number of amides is 2. The Kier molecular flexibility index (Phi) is 4.33. The van der Waals surface area contributed by atoms with Gasteiger partial charge in [-0.25, -0.2) is 17.9 Å². The number of carbonyl (C=O) groups is 1. The van der Waals surface area contributed by atoms with Gasteiger partial charge in [0.1, 0.15) is 0 Å². The van der Waals surface area contributed by atoms with Crippen molar-refractivity contribution in [3.63, 3.8) is 0 Å². The van der Waals surface area contributed by atoms with Crippen molar-refractivity contribution in [2.75, 3.05) is 25.4 Å². The van der Waals surface area contributed by atoms with E-state index in [1.807, 2.05) is 30.3 Å². The number of nitrogens with one attached hydrogen (secondary N) is 1. The van der Waals surface area contributed by atoms with E-state index < -0.39 is 9.84 Å². The van der Waals surface area contributed by atoms with Crippen LogP contribution >= 0.6 is 0 Å². The van der Waals surface area contributed by atoms with Crippen LogP contribution < -0.4 is 5.32 Å². The summed E-state index contributed by atoms with van der Waals surface area (Å²) in [6.45, 7) is 1.34. The van der Waals surface area contributed by atoms with Crippen molar-refractivity contribution in [1.82, 2.24) is 20.0 Å². The van der Waals surface area contributed by atoms with Gasteiger partial charge in [0, 0.05) is 25.8 Å². The van der Waals surface area contributed by atoms with Gasteiger partial charge >= 0.3 is 6.03 Å². The molecule has 8 heteroatoms. The summed E-state index contributed by atoms with van der Waals surface area (Å²) in [5, 5.41) is 6.96. The van der Waals surface area contributed by atoms with Crippen LogP contribution in [-0.2, 0) is 15.6 Å². The van der Waals surface area contributed by atoms with E-state index in [9.17, 15) is 13.2 Å². The van der Waals surface area contributed by atoms with Gasteiger partial charge in [-0.1, -0.05) is 18.2 Å². The first-order valence-corrected chi connectivity index (χ1v) is 9.19. The molecule has 23 heavy (non-hydrogen) atoms. The molecule has 1 aromatic heterocycles. The predicted octanol–water partition coefficient (Wildman–Crippen LogP) is 0.812. The summed E-state index contributed by atoms with van der Waals surface area (Å²) in [7, 11) is -3.31. The molecule has 2 heterocycles. The molecule has 122 valence electrons. The van der Waals surface area contributed by atoms with Crippen molar-refractivity contribution in [2.24, 2.45) is 0 Å². The van der Waals surface area contributed by atoms with E-state index in [4.69, 9.17) is 0 Å². The molecule has 0 saturated carbocycles. The topological polar surface area (TPSA) is 84.3 Å². The average molecular weight is 334 g/mol. The van der Waals surface area contributed by atoms with Gasteiger partial charge < -0.3 is 10.2 Å². The molecule has 1 N–H and O–H groups in total. The summed E-state index contributed by atoms with van der Waals surface area (Å²) in [5.41, 5.74) is 1.38. The molecule has 1 saturated heterocycles. The minimum absolute atomic E-state index is 0.0569. The average Bonchev–Trinajstić information content (AvgIpc) is 3.15. The number of benzene rings is 1. The first kappa shape index (κ1) is 15.5. The Labute approximate surface area is 134 Å². The lowest BCUT2D eigenvalue weighted by Crippen LogP contribution is -2.32. The van der Waals surface area contributed by atoms with E-state index in [1.54, 1.807) is 16.9 Å². The second-order valence-electron chi connectivity index (χ2n) is 5.40. The van der Waals surface area contributed by atoms with E-state index in [2.05, 4.69) is 10.4 Å². The lowest BCUT2D eigenvalue weighted by Gasteiger charge is -2.13. The number of aromatic nitrogens is 2. The molecule has 0 bridgehead atoms. The Hall–Kier alpha value is -2.35. The highest BCUT2D eigenvalue weighted by Gasteiger charge is 2.22. The van der Waals surface area contributed by atoms with E-state index in [1.165, 1.54) is 4.90 Å². The van der Waals surface area contributed by atoms with Crippen LogP contribution in [0.4, 0.5) is 4.79 Å². The summed E-state index contributed by atoms with van der Waals surface area (Å²) in [4.78, 5) is 12.9. The smallest absolute Gasteiger partial charge is 0.317 e. The standard InChI is InChI=1S/C15H18N4O3S/c20-15-16-7-9-18(15)10-11-23(21,22)12-13-6-8-19(17-13)14-4-2-1-3-5-14/h1-6,8H,7,9-12H2,(H,16,20). The third-order valence-corrected chi connectivity index (χ3v) is 5.19. The lowest BCUT2D eigenvalue weighted by molar-refractivity contribution is 0.220. The molecule has 2 amide bonds. The molecule has 1 aromatic carbocycles. The number of para-hydroxylation sites is 1. The number of urea groups is 1. The number of sulfone groups is 1. The minimum Gasteiger partial charge on any atom is -0.336 e. The molecule has 0 atom stereocenters. The molecule has 7 nitrogen and oxygen atoms in total. The summed E-state index contributed by atoms with van der Waals surface area (Å²) in [5.74, 6) is -0.180. The van der Waals surface area contributed by atoms with Gasteiger partial charge in [0.2, 0.25) is 0 Å². The molecule has 0 unspecified atom stereocenters. The van der Waals surface area contributed by atoms with Crippen molar-refractivity contribution in [2.45, 2.75) is 5.75 Å². The molecular weight excluding hydrogens is 316 g/mol. The van der Waals surface area contributed by atoms with Gasteiger partial charge in [0.25, 0.3) is 0 Å². The highest BCUT2D eigenvalue weighted by Crippen LogP contribution is 2.10. The molecule has 0 aliphatic carbocycles. The van der Waals surface area contributed by atoms with Gasteiger partial charge in [0.15, 0.2) is 9.84 Å². The lowest BCUT2D eigenvalue weighted by atomic mass is 10.3. The van der Waals surface area contributed by atoms with Gasteiger partial charge in [-0.05, 0) is 18.2 Å². The fourth-order valence-electron chi connectivity index (χ4n) is 2.43. The molecule has 0 spiro atoms. The highest BCUT2D eigenvalue weighted by molar-refractivity contribution is 7.90. The van der Waals surface area contributed by atoms with Gasteiger partial charge in [-0.3, -0.25) is 0 Å². The van der Waals surface area contributed by atoms with Gasteiger partial charge in [0.05, 0.1) is 22.9 Å². The van der Waals surface area contributed by atoms with Crippen LogP contribution in [0.1, 0.15) is 5.69 Å². The number of rotatable bonds is 6. The first-order chi connectivity index (χ1) is 11.0. The van der Waals surface area contributed by atoms with Gasteiger partial charge in [-0.15, -0.1) is 0 Å². The fourth-order valence-corrected chi connectivity index (χ4v) is 3.68. The summed E-state index contributed by atoms with van der Waals surface area (Å²) in [6, 6.07) is 11.0. The molecule has 1 aliphatic rings. The van der Waals surface area contributed by atoms with Crippen LogP contribution in [0.25, 0.3) is 5.69 Å². The zero-order valence-corrected chi connectivity index (χ0v) is 13.4. The maximum atomic E-state index is 12.2. The summed E-state index contributed by atoms with van der Waals surface area (Å²) >= 11 is 0. The number of hydrogen-bond donors (Lipinski definition) is 1. The van der Waals surface area contributed by atoms with Crippen molar-refractivity contribution < 1.29 is 13.2 Å². The Morgan fingerprint density at radius 2 is 1.96 bits per heavy atom. The predicted molar refractivity (Wildman–Crippen MR) is 86.0 cm³/mol. The minimum atomic E-state index is -3.31. The number of carbonyl (C=O) groups excluding carboxylic acids is 1. The van der Waals surface area contributed by atoms with Crippen LogP contribution in [0, 0.1) is 0 Å². The Morgan fingerprint density at radius 1 is 1.17 bits per heavy atom. The molecular formula is C15H18N4O3S. The van der Waals surface area contributed by atoms with Crippen LogP contribution in [0.15, 0.2) is 42.6 Å². The van der Waals surface area contributed by atoms with Gasteiger partial charge in [-0.2, -0.15) is 5.10 Å². The Balaban J connectivity index is 1.62. The quantitative estimate of drug-likeness (QED) is 0.847. The summed E-state index contributed by atoms with van der Waals surface area (Å²) < 4.78 is 26.1. The monoisotopic (exact) mass is 334 g/mol. The second-order valence-corrected chi connectivity index (χ2v) is 7.58. The number of nitrogens with zero attached hydrogens (tertiary/aromatic N) is 3. The molecule has 0 radical (unpaired) electrons. The van der Waals surface area contributed by atoms with E-state index >= 15 is 0 Å². The van der Waals surface area contributed by atoms with Crippen molar-refractivity contribution in [1.29, 1.82) is 0 Å².